The highest BCUT2D eigenvalue weighted by Crippen LogP contribution is 2.26. The van der Waals surface area contributed by atoms with E-state index < -0.39 is 0 Å². The third kappa shape index (κ3) is 1.92. The zero-order chi connectivity index (χ0) is 8.27. The number of allylic oxidation sites excluding steroid dienone is 2. The molecular formula is C10H16O. The van der Waals surface area contributed by atoms with E-state index in [0.29, 0.717) is 5.78 Å². The molecule has 1 rings (SSSR count). The molecule has 1 heteroatoms. The van der Waals surface area contributed by atoms with Gasteiger partial charge in [0.1, 0.15) is 5.78 Å². The summed E-state index contributed by atoms with van der Waals surface area (Å²) in [4.78, 5) is 11.1. The lowest BCUT2D eigenvalue weighted by molar-refractivity contribution is -0.118. The van der Waals surface area contributed by atoms with Crippen LogP contribution in [0.5, 0.6) is 0 Å². The van der Waals surface area contributed by atoms with Crippen molar-refractivity contribution in [1.82, 2.24) is 0 Å². The van der Waals surface area contributed by atoms with Crippen LogP contribution in [0.25, 0.3) is 0 Å². The van der Waals surface area contributed by atoms with Gasteiger partial charge in [0.15, 0.2) is 0 Å². The second-order valence-electron chi connectivity index (χ2n) is 3.13. The Kier molecular flexibility index (Phi) is 2.86. The Morgan fingerprint density at radius 2 is 1.73 bits per heavy atom. The van der Waals surface area contributed by atoms with E-state index in [1.165, 1.54) is 11.1 Å². The highest BCUT2D eigenvalue weighted by atomic mass is 16.1. The van der Waals surface area contributed by atoms with Gasteiger partial charge < -0.3 is 0 Å². The predicted molar refractivity (Wildman–Crippen MR) is 46.5 cm³/mol. The summed E-state index contributed by atoms with van der Waals surface area (Å²) < 4.78 is 0. The summed E-state index contributed by atoms with van der Waals surface area (Å²) in [7, 11) is 0. The van der Waals surface area contributed by atoms with Gasteiger partial charge in [0, 0.05) is 12.8 Å². The summed E-state index contributed by atoms with van der Waals surface area (Å²) in [5, 5.41) is 0. The van der Waals surface area contributed by atoms with Gasteiger partial charge in [0.25, 0.3) is 0 Å². The lowest BCUT2D eigenvalue weighted by Crippen LogP contribution is -2.08. The molecule has 0 amide bonds. The smallest absolute Gasteiger partial charge is 0.137 e. The maximum atomic E-state index is 11.1. The number of carbonyl (C=O) groups is 1. The van der Waals surface area contributed by atoms with Crippen LogP contribution < -0.4 is 0 Å². The Morgan fingerprint density at radius 3 is 2.27 bits per heavy atom. The second-order valence-corrected chi connectivity index (χ2v) is 3.13. The Hall–Kier alpha value is -0.590. The first kappa shape index (κ1) is 8.51. The summed E-state index contributed by atoms with van der Waals surface area (Å²) in [6, 6.07) is 0. The fourth-order valence-electron chi connectivity index (χ4n) is 1.72. The average molecular weight is 152 g/mol. The standard InChI is InChI=1S/C10H16O/c1-3-8-5-6-10(11)7-9(8)4-2/h3-7H2,1-2H3. The maximum absolute atomic E-state index is 11.1. The van der Waals surface area contributed by atoms with Crippen LogP contribution in [0.2, 0.25) is 0 Å². The van der Waals surface area contributed by atoms with Crippen molar-refractivity contribution in [1.29, 1.82) is 0 Å². The lowest BCUT2D eigenvalue weighted by atomic mass is 9.88. The molecule has 0 aliphatic heterocycles. The normalized spacial score (nSPS) is 19.3. The number of hydrogen-bond donors (Lipinski definition) is 0. The SMILES string of the molecule is CCC1=C(CC)CC(=O)CC1. The Morgan fingerprint density at radius 1 is 1.09 bits per heavy atom. The van der Waals surface area contributed by atoms with Crippen molar-refractivity contribution in [3.05, 3.63) is 11.1 Å². The first-order valence-electron chi connectivity index (χ1n) is 4.49. The van der Waals surface area contributed by atoms with Crippen molar-refractivity contribution in [3.8, 4) is 0 Å². The molecule has 0 atom stereocenters. The Balaban J connectivity index is 2.74. The van der Waals surface area contributed by atoms with Crippen LogP contribution >= 0.6 is 0 Å². The molecule has 62 valence electrons. The van der Waals surface area contributed by atoms with E-state index in [4.69, 9.17) is 0 Å². The molecule has 1 nitrogen and oxygen atoms in total. The van der Waals surface area contributed by atoms with Gasteiger partial charge in [-0.1, -0.05) is 25.0 Å². The third-order valence-corrected chi connectivity index (χ3v) is 2.47. The van der Waals surface area contributed by atoms with Crippen LogP contribution in [-0.2, 0) is 4.79 Å². The fraction of sp³-hybridized carbons (Fsp3) is 0.700. The minimum absolute atomic E-state index is 0.430. The molecule has 0 saturated carbocycles. The zero-order valence-electron chi connectivity index (χ0n) is 7.44. The number of carbonyl (C=O) groups excluding carboxylic acids is 1. The average Bonchev–Trinajstić information content (AvgIpc) is 2.04. The predicted octanol–water partition coefficient (Wildman–Crippen LogP) is 2.86. The highest BCUT2D eigenvalue weighted by molar-refractivity contribution is 5.82. The van der Waals surface area contributed by atoms with Crippen molar-refractivity contribution >= 4 is 5.78 Å². The molecule has 0 saturated heterocycles. The van der Waals surface area contributed by atoms with E-state index in [2.05, 4.69) is 13.8 Å². The van der Waals surface area contributed by atoms with Gasteiger partial charge in [-0.25, -0.2) is 0 Å². The lowest BCUT2D eigenvalue weighted by Gasteiger charge is -2.17. The molecule has 0 fully saturated rings. The van der Waals surface area contributed by atoms with E-state index in [-0.39, 0.29) is 0 Å². The van der Waals surface area contributed by atoms with Crippen molar-refractivity contribution in [2.24, 2.45) is 0 Å². The molecule has 0 bridgehead atoms. The van der Waals surface area contributed by atoms with Gasteiger partial charge in [0.2, 0.25) is 0 Å². The van der Waals surface area contributed by atoms with Crippen LogP contribution in [-0.4, -0.2) is 5.78 Å². The van der Waals surface area contributed by atoms with E-state index in [9.17, 15) is 4.79 Å². The molecule has 11 heavy (non-hydrogen) atoms. The van der Waals surface area contributed by atoms with E-state index >= 15 is 0 Å². The van der Waals surface area contributed by atoms with Crippen molar-refractivity contribution < 1.29 is 4.79 Å². The van der Waals surface area contributed by atoms with E-state index in [1.54, 1.807) is 0 Å². The van der Waals surface area contributed by atoms with Gasteiger partial charge >= 0.3 is 0 Å². The molecule has 0 aromatic heterocycles. The molecule has 0 aromatic carbocycles. The molecule has 0 spiro atoms. The fourth-order valence-corrected chi connectivity index (χ4v) is 1.72. The molecule has 0 heterocycles. The molecule has 0 N–H and O–H groups in total. The Bertz CT molecular complexity index is 189. The largest absolute Gasteiger partial charge is 0.299 e. The maximum Gasteiger partial charge on any atom is 0.137 e. The van der Waals surface area contributed by atoms with Gasteiger partial charge in [-0.15, -0.1) is 0 Å². The summed E-state index contributed by atoms with van der Waals surface area (Å²) in [6.45, 7) is 4.32. The quantitative estimate of drug-likeness (QED) is 0.556. The van der Waals surface area contributed by atoms with Crippen LogP contribution in [0, 0.1) is 0 Å². The number of hydrogen-bond acceptors (Lipinski definition) is 1. The summed E-state index contributed by atoms with van der Waals surface area (Å²) in [5.41, 5.74) is 2.94. The number of rotatable bonds is 2. The van der Waals surface area contributed by atoms with Crippen molar-refractivity contribution in [3.63, 3.8) is 0 Å². The molecule has 1 aliphatic carbocycles. The van der Waals surface area contributed by atoms with Crippen LogP contribution in [0.4, 0.5) is 0 Å². The molecule has 1 aliphatic rings. The molecule has 0 aromatic rings. The molecular weight excluding hydrogens is 136 g/mol. The van der Waals surface area contributed by atoms with Crippen LogP contribution in [0.3, 0.4) is 0 Å². The van der Waals surface area contributed by atoms with Gasteiger partial charge in [-0.05, 0) is 19.3 Å². The van der Waals surface area contributed by atoms with Crippen molar-refractivity contribution in [2.75, 3.05) is 0 Å². The molecule has 0 radical (unpaired) electrons. The minimum atomic E-state index is 0.430. The number of Topliss-reactive ketones (excluding diaryl/α,β-unsaturated/α-hetero) is 1. The minimum Gasteiger partial charge on any atom is -0.299 e. The van der Waals surface area contributed by atoms with Gasteiger partial charge in [0.05, 0.1) is 0 Å². The van der Waals surface area contributed by atoms with E-state index in [0.717, 1.165) is 32.1 Å². The van der Waals surface area contributed by atoms with Crippen molar-refractivity contribution in [2.45, 2.75) is 46.0 Å². The topological polar surface area (TPSA) is 17.1 Å². The van der Waals surface area contributed by atoms with Crippen LogP contribution in [0.15, 0.2) is 11.1 Å². The monoisotopic (exact) mass is 152 g/mol. The second kappa shape index (κ2) is 3.70. The first-order valence-corrected chi connectivity index (χ1v) is 4.49. The van der Waals surface area contributed by atoms with E-state index in [1.807, 2.05) is 0 Å². The summed E-state index contributed by atoms with van der Waals surface area (Å²) in [5.74, 6) is 0.430. The summed E-state index contributed by atoms with van der Waals surface area (Å²) >= 11 is 0. The van der Waals surface area contributed by atoms with Crippen LogP contribution in [0.1, 0.15) is 46.0 Å². The third-order valence-electron chi connectivity index (χ3n) is 2.47. The Labute approximate surface area is 68.5 Å². The number of ketones is 1. The summed E-state index contributed by atoms with van der Waals surface area (Å²) in [6.07, 6.45) is 4.75. The van der Waals surface area contributed by atoms with Gasteiger partial charge in [-0.3, -0.25) is 4.79 Å². The zero-order valence-corrected chi connectivity index (χ0v) is 7.44. The molecule has 0 unspecified atom stereocenters. The van der Waals surface area contributed by atoms with Gasteiger partial charge in [-0.2, -0.15) is 0 Å². The highest BCUT2D eigenvalue weighted by Gasteiger charge is 2.15. The first-order chi connectivity index (χ1) is 5.27.